The highest BCUT2D eigenvalue weighted by Crippen LogP contribution is 2.49. The van der Waals surface area contributed by atoms with Gasteiger partial charge in [0, 0.05) is 37.1 Å². The van der Waals surface area contributed by atoms with E-state index >= 15 is 0 Å². The molecule has 0 bridgehead atoms. The fourth-order valence-electron chi connectivity index (χ4n) is 5.41. The number of fused-ring (bicyclic) bond motifs is 2. The molecule has 32 heavy (non-hydrogen) atoms. The number of pyridine rings is 1. The number of hydrogen-bond donors (Lipinski definition) is 1. The minimum absolute atomic E-state index is 0.192. The summed E-state index contributed by atoms with van der Waals surface area (Å²) < 4.78 is 23.8. The van der Waals surface area contributed by atoms with E-state index in [1.165, 1.54) is 12.5 Å². The van der Waals surface area contributed by atoms with Crippen LogP contribution in [-0.4, -0.2) is 55.0 Å². The average Bonchev–Trinajstić information content (AvgIpc) is 3.27. The van der Waals surface area contributed by atoms with Gasteiger partial charge in [-0.25, -0.2) is 4.39 Å². The summed E-state index contributed by atoms with van der Waals surface area (Å²) in [5.74, 6) is 1.21. The predicted octanol–water partition coefficient (Wildman–Crippen LogP) is 2.81. The lowest BCUT2D eigenvalue weighted by molar-refractivity contribution is -0.118. The molecule has 6 rings (SSSR count). The second kappa shape index (κ2) is 7.16. The first-order chi connectivity index (χ1) is 15.5. The normalized spacial score (nSPS) is 18.3. The fraction of sp³-hybridized carbons (Fsp3) is 0.435. The molecule has 8 nitrogen and oxygen atoms in total. The molecule has 1 aliphatic heterocycles. The van der Waals surface area contributed by atoms with E-state index in [2.05, 4.69) is 20.2 Å². The Morgan fingerprint density at radius 3 is 2.94 bits per heavy atom. The number of anilines is 1. The highest BCUT2D eigenvalue weighted by Gasteiger charge is 2.53. The largest absolute Gasteiger partial charge is 0.490 e. The van der Waals surface area contributed by atoms with Gasteiger partial charge in [0.25, 0.3) is 0 Å². The minimum atomic E-state index is -0.192. The Morgan fingerprint density at radius 2 is 2.09 bits per heavy atom. The van der Waals surface area contributed by atoms with Gasteiger partial charge in [0.2, 0.25) is 0 Å². The van der Waals surface area contributed by atoms with Crippen LogP contribution in [-0.2, 0) is 13.5 Å². The van der Waals surface area contributed by atoms with Gasteiger partial charge in [-0.05, 0) is 62.1 Å². The van der Waals surface area contributed by atoms with Crippen molar-refractivity contribution in [1.82, 2.24) is 29.3 Å². The second-order valence-electron chi connectivity index (χ2n) is 9.39. The third-order valence-corrected chi connectivity index (χ3v) is 6.98. The van der Waals surface area contributed by atoms with E-state index in [-0.39, 0.29) is 11.9 Å². The first-order valence-corrected chi connectivity index (χ1v) is 11.1. The summed E-state index contributed by atoms with van der Waals surface area (Å²) in [5, 5.41) is 13.0. The molecule has 0 radical (unpaired) electrons. The summed E-state index contributed by atoms with van der Waals surface area (Å²) in [4.78, 5) is 2.46. The zero-order chi connectivity index (χ0) is 21.9. The maximum Gasteiger partial charge on any atom is 0.161 e. The van der Waals surface area contributed by atoms with Crippen LogP contribution in [0.3, 0.4) is 0 Å². The number of rotatable bonds is 6. The Morgan fingerprint density at radius 1 is 1.25 bits per heavy atom. The zero-order valence-electron chi connectivity index (χ0n) is 18.0. The molecule has 166 valence electrons. The van der Waals surface area contributed by atoms with Crippen molar-refractivity contribution in [1.29, 1.82) is 0 Å². The minimum Gasteiger partial charge on any atom is -0.490 e. The van der Waals surface area contributed by atoms with Crippen molar-refractivity contribution < 1.29 is 9.13 Å². The molecule has 2 aliphatic rings. The lowest BCUT2D eigenvalue weighted by Gasteiger charge is -2.58. The molecule has 0 atom stereocenters. The molecule has 1 aliphatic carbocycles. The molecular weight excluding hydrogens is 409 g/mol. The number of nitrogen functional groups attached to an aromatic ring is 1. The molecule has 9 heteroatoms. The molecule has 0 unspecified atom stereocenters. The summed E-state index contributed by atoms with van der Waals surface area (Å²) >= 11 is 0. The Kier molecular flexibility index (Phi) is 4.36. The van der Waals surface area contributed by atoms with E-state index in [9.17, 15) is 4.39 Å². The van der Waals surface area contributed by atoms with Gasteiger partial charge in [0.1, 0.15) is 17.9 Å². The zero-order valence-corrected chi connectivity index (χ0v) is 18.0. The molecule has 1 aromatic carbocycles. The Labute approximate surface area is 184 Å². The highest BCUT2D eigenvalue weighted by molar-refractivity contribution is 5.90. The quantitative estimate of drug-likeness (QED) is 0.501. The van der Waals surface area contributed by atoms with Crippen molar-refractivity contribution >= 4 is 22.4 Å². The Balaban J connectivity index is 0.972. The number of hydrogen-bond acceptors (Lipinski definition) is 6. The number of halogens is 1. The molecule has 2 N–H and O–H groups in total. The lowest BCUT2D eigenvalue weighted by Crippen LogP contribution is -2.64. The van der Waals surface area contributed by atoms with E-state index in [0.29, 0.717) is 28.9 Å². The Hall–Kier alpha value is -3.20. The Bertz CT molecular complexity index is 1300. The van der Waals surface area contributed by atoms with E-state index in [1.807, 2.05) is 25.2 Å². The maximum absolute atomic E-state index is 14.2. The highest BCUT2D eigenvalue weighted by atomic mass is 19.1. The number of ether oxygens (including phenoxy) is 1. The molecule has 2 fully saturated rings. The number of aromatic nitrogens is 5. The molecular formula is C23H26FN7O. The van der Waals surface area contributed by atoms with E-state index in [4.69, 9.17) is 10.5 Å². The van der Waals surface area contributed by atoms with Crippen LogP contribution in [0.2, 0.25) is 0 Å². The van der Waals surface area contributed by atoms with Crippen LogP contribution in [0.1, 0.15) is 24.8 Å². The summed E-state index contributed by atoms with van der Waals surface area (Å²) in [6.07, 6.45) is 7.05. The van der Waals surface area contributed by atoms with Crippen molar-refractivity contribution in [3.05, 3.63) is 48.2 Å². The van der Waals surface area contributed by atoms with Crippen LogP contribution in [0.4, 0.5) is 10.2 Å². The molecule has 1 saturated carbocycles. The first kappa shape index (κ1) is 19.5. The van der Waals surface area contributed by atoms with Gasteiger partial charge >= 0.3 is 0 Å². The van der Waals surface area contributed by atoms with Gasteiger partial charge in [-0.1, -0.05) is 0 Å². The predicted molar refractivity (Wildman–Crippen MR) is 119 cm³/mol. The third kappa shape index (κ3) is 3.28. The lowest BCUT2D eigenvalue weighted by atomic mass is 9.61. The third-order valence-electron chi connectivity index (χ3n) is 6.98. The molecule has 4 heterocycles. The number of benzene rings is 1. The van der Waals surface area contributed by atoms with E-state index in [1.54, 1.807) is 15.1 Å². The van der Waals surface area contributed by atoms with Gasteiger partial charge in [0.05, 0.1) is 11.6 Å². The van der Waals surface area contributed by atoms with Crippen molar-refractivity contribution in [2.24, 2.45) is 12.5 Å². The molecule has 3 aromatic heterocycles. The number of nitrogens with two attached hydrogens (primary N) is 1. The summed E-state index contributed by atoms with van der Waals surface area (Å²) in [6.45, 7) is 3.20. The maximum atomic E-state index is 14.2. The van der Waals surface area contributed by atoms with Crippen molar-refractivity contribution in [3.8, 4) is 5.75 Å². The fourth-order valence-corrected chi connectivity index (χ4v) is 5.41. The van der Waals surface area contributed by atoms with Crippen molar-refractivity contribution in [2.45, 2.75) is 31.8 Å². The van der Waals surface area contributed by atoms with Gasteiger partial charge in [-0.3, -0.25) is 9.08 Å². The average molecular weight is 436 g/mol. The van der Waals surface area contributed by atoms with Gasteiger partial charge in [0.15, 0.2) is 11.5 Å². The number of aryl methyl sites for hydroxylation is 2. The molecule has 1 spiro atoms. The van der Waals surface area contributed by atoms with Crippen LogP contribution in [0, 0.1) is 11.2 Å². The molecule has 4 aromatic rings. The van der Waals surface area contributed by atoms with Crippen LogP contribution < -0.4 is 10.5 Å². The number of nitrogens with zero attached hydrogens (tertiary/aromatic N) is 6. The first-order valence-electron chi connectivity index (χ1n) is 11.1. The van der Waals surface area contributed by atoms with Crippen LogP contribution in [0.15, 0.2) is 36.8 Å². The smallest absolute Gasteiger partial charge is 0.161 e. The molecule has 1 saturated heterocycles. The topological polar surface area (TPSA) is 86.5 Å². The SMILES string of the molecule is Cn1nc(N)c2cc(OC3CC4(C3)CN(CCCc3cc5nncn5cc3F)C4)ccc21. The van der Waals surface area contributed by atoms with Crippen LogP contribution >= 0.6 is 0 Å². The number of likely N-dealkylation sites (tertiary alicyclic amines) is 1. The van der Waals surface area contributed by atoms with Crippen molar-refractivity contribution in [3.63, 3.8) is 0 Å². The second-order valence-corrected chi connectivity index (χ2v) is 9.39. The summed E-state index contributed by atoms with van der Waals surface area (Å²) in [7, 11) is 1.89. The van der Waals surface area contributed by atoms with E-state index < -0.39 is 0 Å². The standard InChI is InChI=1S/C23H26FN7O/c1-29-20-5-4-16(8-18(20)22(25)28-29)32-17-9-23(10-17)12-30(13-23)6-2-3-15-7-21-27-26-14-31(21)11-19(15)24/h4-5,7-8,11,14,17H,2-3,6,9-10,12-13H2,1H3,(H2,25,28). The van der Waals surface area contributed by atoms with Crippen LogP contribution in [0.5, 0.6) is 5.75 Å². The van der Waals surface area contributed by atoms with Gasteiger partial charge in [-0.15, -0.1) is 10.2 Å². The molecule has 0 amide bonds. The summed E-state index contributed by atoms with van der Waals surface area (Å²) in [6, 6.07) is 7.80. The van der Waals surface area contributed by atoms with Crippen LogP contribution in [0.25, 0.3) is 16.6 Å². The van der Waals surface area contributed by atoms with Gasteiger partial charge in [-0.2, -0.15) is 5.10 Å². The van der Waals surface area contributed by atoms with Gasteiger partial charge < -0.3 is 15.4 Å². The monoisotopic (exact) mass is 435 g/mol. The summed E-state index contributed by atoms with van der Waals surface area (Å²) in [5.41, 5.74) is 8.80. The van der Waals surface area contributed by atoms with Crippen molar-refractivity contribution in [2.75, 3.05) is 25.4 Å². The van der Waals surface area contributed by atoms with E-state index in [0.717, 1.165) is 55.5 Å².